The summed E-state index contributed by atoms with van der Waals surface area (Å²) >= 11 is 0. The van der Waals surface area contributed by atoms with Crippen LogP contribution in [0.25, 0.3) is 11.4 Å². The third kappa shape index (κ3) is 3.74. The number of ether oxygens (including phenoxy) is 2. The highest BCUT2D eigenvalue weighted by molar-refractivity contribution is 5.62. The highest BCUT2D eigenvalue weighted by Crippen LogP contribution is 2.35. The molecule has 3 fully saturated rings. The quantitative estimate of drug-likeness (QED) is 0.758. The highest BCUT2D eigenvalue weighted by atomic mass is 19.3. The summed E-state index contributed by atoms with van der Waals surface area (Å²) in [5.41, 5.74) is 5.11. The zero-order valence-corrected chi connectivity index (χ0v) is 17.1. The molecule has 3 saturated heterocycles. The maximum absolute atomic E-state index is 13.7. The van der Waals surface area contributed by atoms with Crippen molar-refractivity contribution in [1.29, 1.82) is 0 Å². The van der Waals surface area contributed by atoms with Gasteiger partial charge >= 0.3 is 0 Å². The van der Waals surface area contributed by atoms with Gasteiger partial charge in [-0.25, -0.2) is 18.7 Å². The number of nitrogens with two attached hydrogens (primary N) is 1. The van der Waals surface area contributed by atoms with Gasteiger partial charge in [-0.1, -0.05) is 0 Å². The van der Waals surface area contributed by atoms with Crippen molar-refractivity contribution in [3.63, 3.8) is 0 Å². The number of halogens is 2. The molecule has 10 nitrogen and oxygen atoms in total. The fourth-order valence-corrected chi connectivity index (χ4v) is 4.45. The van der Waals surface area contributed by atoms with Gasteiger partial charge in [0.25, 0.3) is 6.43 Å². The van der Waals surface area contributed by atoms with Gasteiger partial charge in [-0.3, -0.25) is 0 Å². The van der Waals surface area contributed by atoms with Crippen LogP contribution in [0.5, 0.6) is 0 Å². The minimum atomic E-state index is -2.84. The first kappa shape index (κ1) is 20.2. The molecule has 2 aromatic rings. The molecule has 31 heavy (non-hydrogen) atoms. The summed E-state index contributed by atoms with van der Waals surface area (Å²) in [4.78, 5) is 25.7. The smallest absolute Gasteiger partial charge is 0.281 e. The number of nitrogen functional groups attached to an aromatic ring is 1. The van der Waals surface area contributed by atoms with Crippen LogP contribution in [0.1, 0.15) is 31.9 Å². The van der Waals surface area contributed by atoms with Gasteiger partial charge in [0.2, 0.25) is 17.8 Å². The number of morpholine rings is 2. The lowest BCUT2D eigenvalue weighted by Crippen LogP contribution is -2.48. The molecule has 2 N–H and O–H groups in total. The maximum Gasteiger partial charge on any atom is 0.281 e. The van der Waals surface area contributed by atoms with Gasteiger partial charge in [0.15, 0.2) is 5.82 Å². The number of hydrogen-bond acceptors (Lipinski definition) is 10. The van der Waals surface area contributed by atoms with Crippen LogP contribution in [-0.4, -0.2) is 76.0 Å². The molecule has 3 aliphatic heterocycles. The van der Waals surface area contributed by atoms with Crippen LogP contribution in [0, 0.1) is 0 Å². The minimum absolute atomic E-state index is 0.0375. The number of alkyl halides is 2. The van der Waals surface area contributed by atoms with Crippen molar-refractivity contribution in [2.24, 2.45) is 0 Å². The second-order valence-electron chi connectivity index (χ2n) is 8.03. The topological polar surface area (TPSA) is 115 Å². The molecule has 0 aliphatic carbocycles. The molecule has 12 heteroatoms. The van der Waals surface area contributed by atoms with E-state index in [9.17, 15) is 8.78 Å². The molecule has 166 valence electrons. The molecule has 5 rings (SSSR count). The molecule has 0 aromatic carbocycles. The molecular weight excluding hydrogens is 410 g/mol. The second kappa shape index (κ2) is 8.08. The number of anilines is 3. The van der Waals surface area contributed by atoms with E-state index in [4.69, 9.17) is 20.2 Å². The average molecular weight is 434 g/mol. The lowest BCUT2D eigenvalue weighted by molar-refractivity contribution is 0.0895. The fraction of sp³-hybridized carbons (Fsp3) is 0.632. The highest BCUT2D eigenvalue weighted by Gasteiger charge is 2.40. The van der Waals surface area contributed by atoms with Crippen LogP contribution in [0.2, 0.25) is 0 Å². The van der Waals surface area contributed by atoms with Crippen molar-refractivity contribution < 1.29 is 18.3 Å². The first-order valence-corrected chi connectivity index (χ1v) is 10.4. The Bertz CT molecular complexity index is 949. The van der Waals surface area contributed by atoms with E-state index in [0.29, 0.717) is 44.9 Å². The molecule has 0 amide bonds. The van der Waals surface area contributed by atoms with Crippen LogP contribution in [0.3, 0.4) is 0 Å². The van der Waals surface area contributed by atoms with Crippen molar-refractivity contribution in [2.45, 2.75) is 44.3 Å². The molecular formula is C19H24F2N8O2. The second-order valence-corrected chi connectivity index (χ2v) is 8.03. The van der Waals surface area contributed by atoms with E-state index in [-0.39, 0.29) is 35.5 Å². The largest absolute Gasteiger partial charge is 0.377 e. The zero-order chi connectivity index (χ0) is 21.5. The standard InChI is InChI=1S/C19H24F2N8O2/c1-10-7-30-5-4-28(10)18-25-16(13-6-23-17(22)24-14(13)15(20)21)26-19(27-18)29-11-2-3-12(29)9-31-8-11/h6,10-12,15H,2-5,7-9H2,1H3,(H2,22,23,24)/t10-,11?,12?/m0/s1. The third-order valence-electron chi connectivity index (χ3n) is 5.99. The van der Waals surface area contributed by atoms with Crippen molar-refractivity contribution in [3.8, 4) is 11.4 Å². The predicted octanol–water partition coefficient (Wildman–Crippen LogP) is 1.44. The Kier molecular flexibility index (Phi) is 5.26. The van der Waals surface area contributed by atoms with Crippen molar-refractivity contribution in [3.05, 3.63) is 11.9 Å². The van der Waals surface area contributed by atoms with Gasteiger partial charge in [0.1, 0.15) is 5.69 Å². The third-order valence-corrected chi connectivity index (χ3v) is 5.99. The summed E-state index contributed by atoms with van der Waals surface area (Å²) < 4.78 is 38.7. The number of rotatable bonds is 4. The SMILES string of the molecule is C[C@H]1COCCN1c1nc(-c2cnc(N)nc2C(F)F)nc(N2C3CCC2COC3)n1. The molecule has 0 radical (unpaired) electrons. The van der Waals surface area contributed by atoms with E-state index < -0.39 is 12.1 Å². The molecule has 2 bridgehead atoms. The lowest BCUT2D eigenvalue weighted by Gasteiger charge is -2.36. The molecule has 0 spiro atoms. The summed E-state index contributed by atoms with van der Waals surface area (Å²) in [7, 11) is 0. The monoisotopic (exact) mass is 434 g/mol. The predicted molar refractivity (Wildman–Crippen MR) is 108 cm³/mol. The molecule has 0 saturated carbocycles. The Labute approximate surface area is 177 Å². The van der Waals surface area contributed by atoms with Gasteiger partial charge in [0.05, 0.1) is 50.1 Å². The summed E-state index contributed by atoms with van der Waals surface area (Å²) in [5, 5.41) is 0. The number of nitrogens with zero attached hydrogens (tertiary/aromatic N) is 7. The maximum atomic E-state index is 13.7. The van der Waals surface area contributed by atoms with Crippen molar-refractivity contribution in [1.82, 2.24) is 24.9 Å². The average Bonchev–Trinajstić information content (AvgIpc) is 3.02. The first-order valence-electron chi connectivity index (χ1n) is 10.4. The summed E-state index contributed by atoms with van der Waals surface area (Å²) in [6, 6.07) is 0.345. The first-order chi connectivity index (χ1) is 15.0. The Balaban J connectivity index is 1.64. The number of fused-ring (bicyclic) bond motifs is 2. The van der Waals surface area contributed by atoms with E-state index in [1.807, 2.05) is 11.8 Å². The van der Waals surface area contributed by atoms with E-state index in [0.717, 1.165) is 12.8 Å². The summed E-state index contributed by atoms with van der Waals surface area (Å²) in [6.07, 6.45) is 0.360. The number of hydrogen-bond donors (Lipinski definition) is 1. The molecule has 3 atom stereocenters. The zero-order valence-electron chi connectivity index (χ0n) is 17.1. The van der Waals surface area contributed by atoms with Gasteiger partial charge in [-0.2, -0.15) is 15.0 Å². The summed E-state index contributed by atoms with van der Waals surface area (Å²) in [5.74, 6) is 0.784. The van der Waals surface area contributed by atoms with Gasteiger partial charge in [-0.15, -0.1) is 0 Å². The van der Waals surface area contributed by atoms with E-state index in [1.54, 1.807) is 0 Å². The molecule has 2 unspecified atom stereocenters. The fourth-order valence-electron chi connectivity index (χ4n) is 4.45. The van der Waals surface area contributed by atoms with Crippen molar-refractivity contribution in [2.75, 3.05) is 48.5 Å². The van der Waals surface area contributed by atoms with Crippen LogP contribution in [-0.2, 0) is 9.47 Å². The van der Waals surface area contributed by atoms with E-state index in [1.165, 1.54) is 6.20 Å². The van der Waals surface area contributed by atoms with Crippen LogP contribution in [0.15, 0.2) is 6.20 Å². The van der Waals surface area contributed by atoms with E-state index >= 15 is 0 Å². The summed E-state index contributed by atoms with van der Waals surface area (Å²) in [6.45, 7) is 4.86. The molecule has 5 heterocycles. The van der Waals surface area contributed by atoms with Crippen LogP contribution >= 0.6 is 0 Å². The van der Waals surface area contributed by atoms with Crippen LogP contribution in [0.4, 0.5) is 26.6 Å². The molecule has 3 aliphatic rings. The normalized spacial score (nSPS) is 26.0. The van der Waals surface area contributed by atoms with Crippen LogP contribution < -0.4 is 15.5 Å². The minimum Gasteiger partial charge on any atom is -0.377 e. The Hall–Kier alpha value is -2.73. The van der Waals surface area contributed by atoms with Gasteiger partial charge < -0.3 is 25.0 Å². The Morgan fingerprint density at radius 1 is 1.03 bits per heavy atom. The number of aromatic nitrogens is 5. The van der Waals surface area contributed by atoms with E-state index in [2.05, 4.69) is 24.8 Å². The molecule has 2 aromatic heterocycles. The Morgan fingerprint density at radius 3 is 2.48 bits per heavy atom. The lowest BCUT2D eigenvalue weighted by atomic mass is 10.2. The van der Waals surface area contributed by atoms with Gasteiger partial charge in [0, 0.05) is 12.7 Å². The Morgan fingerprint density at radius 2 is 1.77 bits per heavy atom. The van der Waals surface area contributed by atoms with Crippen molar-refractivity contribution >= 4 is 17.8 Å². The van der Waals surface area contributed by atoms with Gasteiger partial charge in [-0.05, 0) is 19.8 Å².